The number of ether oxygens (including phenoxy) is 2. The molecule has 0 fully saturated rings. The van der Waals surface area contributed by atoms with Gasteiger partial charge in [0.05, 0.1) is 13.2 Å². The molecule has 0 aliphatic rings. The first-order chi connectivity index (χ1) is 6.27. The highest BCUT2D eigenvalue weighted by atomic mass is 32.2. The molecule has 0 aromatic rings. The summed E-state index contributed by atoms with van der Waals surface area (Å²) in [5.41, 5.74) is 5.60. The lowest BCUT2D eigenvalue weighted by Gasteiger charge is -2.05. The van der Waals surface area contributed by atoms with Crippen molar-refractivity contribution in [1.29, 1.82) is 0 Å². The normalized spacial score (nSPS) is 13.2. The molecule has 0 radical (unpaired) electrons. The number of hydrogen-bond donors (Lipinski definition) is 1. The second kappa shape index (κ2) is 10.3. The van der Waals surface area contributed by atoms with E-state index in [1.807, 2.05) is 18.7 Å². The van der Waals surface area contributed by atoms with Gasteiger partial charge in [-0.15, -0.1) is 0 Å². The van der Waals surface area contributed by atoms with Gasteiger partial charge in [-0.2, -0.15) is 11.8 Å². The first-order valence-electron chi connectivity index (χ1n) is 4.67. The van der Waals surface area contributed by atoms with E-state index < -0.39 is 0 Å². The van der Waals surface area contributed by atoms with Crippen molar-refractivity contribution in [3.05, 3.63) is 0 Å². The van der Waals surface area contributed by atoms with Gasteiger partial charge >= 0.3 is 0 Å². The zero-order chi connectivity index (χ0) is 9.94. The first-order valence-corrected chi connectivity index (χ1v) is 5.83. The molecular formula is C9H21NO2S. The van der Waals surface area contributed by atoms with Gasteiger partial charge in [-0.05, 0) is 19.1 Å². The molecule has 0 spiro atoms. The van der Waals surface area contributed by atoms with Gasteiger partial charge in [-0.3, -0.25) is 0 Å². The minimum atomic E-state index is 0.305. The van der Waals surface area contributed by atoms with Crippen molar-refractivity contribution < 1.29 is 9.47 Å². The summed E-state index contributed by atoms with van der Waals surface area (Å²) in [5.74, 6) is 2.17. The van der Waals surface area contributed by atoms with Crippen LogP contribution in [0, 0.1) is 0 Å². The fourth-order valence-corrected chi connectivity index (χ4v) is 1.64. The third-order valence-electron chi connectivity index (χ3n) is 1.39. The average molecular weight is 207 g/mol. The van der Waals surface area contributed by atoms with E-state index >= 15 is 0 Å². The molecule has 3 nitrogen and oxygen atoms in total. The van der Waals surface area contributed by atoms with E-state index in [1.165, 1.54) is 0 Å². The average Bonchev–Trinajstić information content (AvgIpc) is 2.09. The van der Waals surface area contributed by atoms with Crippen LogP contribution in [-0.4, -0.2) is 44.5 Å². The number of hydrogen-bond acceptors (Lipinski definition) is 4. The maximum Gasteiger partial charge on any atom is 0.0700 e. The smallest absolute Gasteiger partial charge is 0.0700 e. The lowest BCUT2D eigenvalue weighted by atomic mass is 10.4. The Morgan fingerprint density at radius 2 is 2.08 bits per heavy atom. The zero-order valence-corrected chi connectivity index (χ0v) is 9.44. The van der Waals surface area contributed by atoms with Crippen molar-refractivity contribution in [3.8, 4) is 0 Å². The standard InChI is InChI=1S/C9H21NO2S/c1-9(10)8-13-7-3-4-12-6-5-11-2/h9H,3-8,10H2,1-2H3. The Labute approximate surface area is 85.3 Å². The molecule has 80 valence electrons. The molecule has 0 aliphatic heterocycles. The molecule has 2 N–H and O–H groups in total. The van der Waals surface area contributed by atoms with Crippen LogP contribution >= 0.6 is 11.8 Å². The van der Waals surface area contributed by atoms with Gasteiger partial charge < -0.3 is 15.2 Å². The van der Waals surface area contributed by atoms with Crippen LogP contribution in [0.15, 0.2) is 0 Å². The van der Waals surface area contributed by atoms with Crippen LogP contribution in [0.4, 0.5) is 0 Å². The molecule has 0 saturated heterocycles. The molecule has 0 amide bonds. The van der Waals surface area contributed by atoms with Gasteiger partial charge in [-0.1, -0.05) is 0 Å². The predicted molar refractivity (Wildman–Crippen MR) is 58.3 cm³/mol. The zero-order valence-electron chi connectivity index (χ0n) is 8.62. The van der Waals surface area contributed by atoms with Crippen molar-refractivity contribution in [1.82, 2.24) is 0 Å². The molecular weight excluding hydrogens is 186 g/mol. The van der Waals surface area contributed by atoms with Crippen LogP contribution in [0.2, 0.25) is 0 Å². The molecule has 0 aliphatic carbocycles. The minimum absolute atomic E-state index is 0.305. The van der Waals surface area contributed by atoms with Gasteiger partial charge in [0.25, 0.3) is 0 Å². The van der Waals surface area contributed by atoms with Crippen molar-refractivity contribution in [2.45, 2.75) is 19.4 Å². The Morgan fingerprint density at radius 3 is 2.69 bits per heavy atom. The number of thioether (sulfide) groups is 1. The summed E-state index contributed by atoms with van der Waals surface area (Å²) in [5, 5.41) is 0. The summed E-state index contributed by atoms with van der Waals surface area (Å²) in [6.45, 7) is 4.25. The maximum atomic E-state index is 5.60. The number of rotatable bonds is 9. The van der Waals surface area contributed by atoms with Gasteiger partial charge in [0.15, 0.2) is 0 Å². The van der Waals surface area contributed by atoms with Crippen LogP contribution in [0.25, 0.3) is 0 Å². The summed E-state index contributed by atoms with van der Waals surface area (Å²) in [6, 6.07) is 0.305. The molecule has 0 rings (SSSR count). The summed E-state index contributed by atoms with van der Waals surface area (Å²) in [7, 11) is 1.68. The van der Waals surface area contributed by atoms with Gasteiger partial charge in [0.1, 0.15) is 0 Å². The summed E-state index contributed by atoms with van der Waals surface area (Å²) in [4.78, 5) is 0. The highest BCUT2D eigenvalue weighted by Crippen LogP contribution is 2.03. The van der Waals surface area contributed by atoms with Crippen LogP contribution in [-0.2, 0) is 9.47 Å². The van der Waals surface area contributed by atoms with Crippen LogP contribution in [0.3, 0.4) is 0 Å². The minimum Gasteiger partial charge on any atom is -0.382 e. The summed E-state index contributed by atoms with van der Waals surface area (Å²) < 4.78 is 10.2. The second-order valence-electron chi connectivity index (χ2n) is 3.01. The predicted octanol–water partition coefficient (Wildman–Crippen LogP) is 1.12. The van der Waals surface area contributed by atoms with Crippen molar-refractivity contribution in [2.75, 3.05) is 38.4 Å². The molecule has 0 saturated carbocycles. The quantitative estimate of drug-likeness (QED) is 0.575. The Morgan fingerprint density at radius 1 is 1.31 bits per heavy atom. The van der Waals surface area contributed by atoms with E-state index in [2.05, 4.69) is 0 Å². The fraction of sp³-hybridized carbons (Fsp3) is 1.00. The van der Waals surface area contributed by atoms with E-state index in [-0.39, 0.29) is 0 Å². The molecule has 4 heteroatoms. The third kappa shape index (κ3) is 12.2. The molecule has 13 heavy (non-hydrogen) atoms. The van der Waals surface area contributed by atoms with Gasteiger partial charge in [0, 0.05) is 25.5 Å². The lowest BCUT2D eigenvalue weighted by molar-refractivity contribution is 0.0713. The van der Waals surface area contributed by atoms with Crippen LogP contribution < -0.4 is 5.73 Å². The summed E-state index contributed by atoms with van der Waals surface area (Å²) in [6.07, 6.45) is 1.10. The monoisotopic (exact) mass is 207 g/mol. The molecule has 0 aromatic carbocycles. The van der Waals surface area contributed by atoms with E-state index in [9.17, 15) is 0 Å². The number of methoxy groups -OCH3 is 1. The second-order valence-corrected chi connectivity index (χ2v) is 4.16. The molecule has 0 heterocycles. The molecule has 0 bridgehead atoms. The van der Waals surface area contributed by atoms with Crippen LogP contribution in [0.5, 0.6) is 0 Å². The van der Waals surface area contributed by atoms with Gasteiger partial charge in [0.2, 0.25) is 0 Å². The van der Waals surface area contributed by atoms with Crippen LogP contribution in [0.1, 0.15) is 13.3 Å². The fourth-order valence-electron chi connectivity index (χ4n) is 0.777. The topological polar surface area (TPSA) is 44.5 Å². The molecule has 1 unspecified atom stereocenters. The largest absolute Gasteiger partial charge is 0.382 e. The Balaban J connectivity index is 2.84. The van der Waals surface area contributed by atoms with E-state index in [0.717, 1.165) is 24.5 Å². The van der Waals surface area contributed by atoms with E-state index in [1.54, 1.807) is 7.11 Å². The van der Waals surface area contributed by atoms with Crippen molar-refractivity contribution in [3.63, 3.8) is 0 Å². The highest BCUT2D eigenvalue weighted by Gasteiger charge is 1.94. The Hall–Kier alpha value is 0.230. The van der Waals surface area contributed by atoms with Crippen molar-refractivity contribution >= 4 is 11.8 Å². The SMILES string of the molecule is COCCOCCCSCC(C)N. The number of nitrogens with two attached hydrogens (primary N) is 1. The van der Waals surface area contributed by atoms with E-state index in [0.29, 0.717) is 19.3 Å². The first kappa shape index (κ1) is 13.2. The van der Waals surface area contributed by atoms with Gasteiger partial charge in [-0.25, -0.2) is 0 Å². The Bertz CT molecular complexity index is 102. The van der Waals surface area contributed by atoms with E-state index in [4.69, 9.17) is 15.2 Å². The Kier molecular flexibility index (Phi) is 10.5. The third-order valence-corrected chi connectivity index (χ3v) is 2.73. The highest BCUT2D eigenvalue weighted by molar-refractivity contribution is 7.99. The van der Waals surface area contributed by atoms with Crippen molar-refractivity contribution in [2.24, 2.45) is 5.73 Å². The lowest BCUT2D eigenvalue weighted by Crippen LogP contribution is -2.17. The summed E-state index contributed by atoms with van der Waals surface area (Å²) >= 11 is 1.89. The molecule has 1 atom stereocenters. The maximum absolute atomic E-state index is 5.60. The molecule has 0 aromatic heterocycles.